The van der Waals surface area contributed by atoms with Crippen molar-refractivity contribution < 1.29 is 19.2 Å². The summed E-state index contributed by atoms with van der Waals surface area (Å²) in [6, 6.07) is 5.30. The molecular weight excluding hydrogens is 350 g/mol. The molecule has 0 saturated carbocycles. The van der Waals surface area contributed by atoms with Gasteiger partial charge in [-0.15, -0.1) is 12.4 Å². The Labute approximate surface area is 153 Å². The lowest BCUT2D eigenvalue weighted by Crippen LogP contribution is -2.36. The van der Waals surface area contributed by atoms with Gasteiger partial charge in [-0.05, 0) is 38.1 Å². The van der Waals surface area contributed by atoms with Crippen LogP contribution in [0.2, 0.25) is 0 Å². The van der Waals surface area contributed by atoms with Crippen LogP contribution in [0, 0.1) is 10.1 Å². The molecule has 1 N–H and O–H groups in total. The maximum absolute atomic E-state index is 11.3. The predicted octanol–water partition coefficient (Wildman–Crippen LogP) is 1.75. The number of nitro benzene ring substituents is 1. The number of nitrogens with one attached hydrogen (secondary N) is 1. The highest BCUT2D eigenvalue weighted by Gasteiger charge is 2.25. The van der Waals surface area contributed by atoms with Gasteiger partial charge in [0, 0.05) is 25.2 Å². The normalized spacial score (nSPS) is 17.0. The Morgan fingerprint density at radius 2 is 2.24 bits per heavy atom. The monoisotopic (exact) mass is 373 g/mol. The molecule has 0 radical (unpaired) electrons. The fourth-order valence-electron chi connectivity index (χ4n) is 2.93. The molecule has 1 atom stereocenters. The van der Waals surface area contributed by atoms with Gasteiger partial charge in [0.2, 0.25) is 0 Å². The molecule has 1 aliphatic rings. The van der Waals surface area contributed by atoms with E-state index in [1.54, 1.807) is 12.1 Å². The second kappa shape index (κ2) is 10.2. The SMILES string of the molecule is CNCC1CCCN1Cc1ccc(OCC(=O)OC)c([N+](=O)[O-])c1.Cl. The predicted molar refractivity (Wildman–Crippen MR) is 95.2 cm³/mol. The van der Waals surface area contributed by atoms with Crippen molar-refractivity contribution in [1.29, 1.82) is 0 Å². The van der Waals surface area contributed by atoms with E-state index in [-0.39, 0.29) is 30.5 Å². The molecule has 1 aromatic carbocycles. The van der Waals surface area contributed by atoms with Gasteiger partial charge in [-0.2, -0.15) is 0 Å². The molecule has 0 bridgehead atoms. The van der Waals surface area contributed by atoms with Gasteiger partial charge in [0.1, 0.15) is 0 Å². The number of hydrogen-bond donors (Lipinski definition) is 1. The average Bonchev–Trinajstić information content (AvgIpc) is 3.00. The largest absolute Gasteiger partial charge is 0.475 e. The number of nitro groups is 1. The third-order valence-electron chi connectivity index (χ3n) is 4.12. The second-order valence-electron chi connectivity index (χ2n) is 5.75. The van der Waals surface area contributed by atoms with Crippen molar-refractivity contribution in [3.8, 4) is 5.75 Å². The molecule has 140 valence electrons. The van der Waals surface area contributed by atoms with Gasteiger partial charge in [0.15, 0.2) is 12.4 Å². The molecule has 1 unspecified atom stereocenters. The molecule has 0 aliphatic carbocycles. The summed E-state index contributed by atoms with van der Waals surface area (Å²) in [5.74, 6) is -0.511. The molecule has 8 nitrogen and oxygen atoms in total. The van der Waals surface area contributed by atoms with Crippen LogP contribution in [-0.4, -0.2) is 55.7 Å². The molecule has 0 spiro atoms. The van der Waals surface area contributed by atoms with Crippen LogP contribution in [0.5, 0.6) is 5.75 Å². The van der Waals surface area contributed by atoms with Crippen molar-refractivity contribution in [1.82, 2.24) is 10.2 Å². The zero-order valence-corrected chi connectivity index (χ0v) is 15.2. The Bertz CT molecular complexity index is 599. The highest BCUT2D eigenvalue weighted by molar-refractivity contribution is 5.85. The molecule has 2 rings (SSSR count). The molecule has 1 aromatic rings. The first kappa shape index (κ1) is 21.1. The number of carbonyl (C=O) groups excluding carboxylic acids is 1. The van der Waals surface area contributed by atoms with E-state index in [0.29, 0.717) is 12.6 Å². The maximum atomic E-state index is 11.3. The molecule has 1 aliphatic heterocycles. The minimum absolute atomic E-state index is 0. The average molecular weight is 374 g/mol. The Hall–Kier alpha value is -1.90. The summed E-state index contributed by atoms with van der Waals surface area (Å²) in [4.78, 5) is 24.2. The van der Waals surface area contributed by atoms with Crippen LogP contribution in [0.3, 0.4) is 0 Å². The summed E-state index contributed by atoms with van der Waals surface area (Å²) in [5.41, 5.74) is 0.718. The Morgan fingerprint density at radius 3 is 2.88 bits per heavy atom. The molecule has 25 heavy (non-hydrogen) atoms. The van der Waals surface area contributed by atoms with E-state index in [9.17, 15) is 14.9 Å². The first-order chi connectivity index (χ1) is 11.5. The fraction of sp³-hybridized carbons (Fsp3) is 0.562. The number of methoxy groups -OCH3 is 1. The van der Waals surface area contributed by atoms with E-state index in [2.05, 4.69) is 15.0 Å². The van der Waals surface area contributed by atoms with Crippen molar-refractivity contribution in [2.75, 3.05) is 33.9 Å². The molecule has 0 amide bonds. The van der Waals surface area contributed by atoms with Crippen LogP contribution in [-0.2, 0) is 16.1 Å². The van der Waals surface area contributed by atoms with Crippen LogP contribution in [0.15, 0.2) is 18.2 Å². The van der Waals surface area contributed by atoms with E-state index in [0.717, 1.165) is 31.5 Å². The fourth-order valence-corrected chi connectivity index (χ4v) is 2.93. The summed E-state index contributed by atoms with van der Waals surface area (Å²) in [6.45, 7) is 2.20. The van der Waals surface area contributed by atoms with Crippen molar-refractivity contribution in [3.63, 3.8) is 0 Å². The number of hydrogen-bond acceptors (Lipinski definition) is 7. The minimum Gasteiger partial charge on any atom is -0.475 e. The lowest BCUT2D eigenvalue weighted by atomic mass is 10.1. The third-order valence-corrected chi connectivity index (χ3v) is 4.12. The highest BCUT2D eigenvalue weighted by Crippen LogP contribution is 2.29. The van der Waals surface area contributed by atoms with Gasteiger partial charge in [-0.25, -0.2) is 4.79 Å². The Morgan fingerprint density at radius 1 is 1.48 bits per heavy atom. The summed E-state index contributed by atoms with van der Waals surface area (Å²) < 4.78 is 9.67. The maximum Gasteiger partial charge on any atom is 0.343 e. The zero-order valence-electron chi connectivity index (χ0n) is 14.4. The Balaban J connectivity index is 0.00000312. The molecular formula is C16H24ClN3O5. The molecule has 1 fully saturated rings. The Kier molecular flexibility index (Phi) is 8.60. The first-order valence-corrected chi connectivity index (χ1v) is 7.90. The number of likely N-dealkylation sites (tertiary alicyclic amines) is 1. The number of nitrogens with zero attached hydrogens (tertiary/aromatic N) is 2. The van der Waals surface area contributed by atoms with Crippen molar-refractivity contribution in [3.05, 3.63) is 33.9 Å². The summed E-state index contributed by atoms with van der Waals surface area (Å²) in [6.07, 6.45) is 2.26. The minimum atomic E-state index is -0.583. The van der Waals surface area contributed by atoms with Gasteiger partial charge >= 0.3 is 11.7 Å². The quantitative estimate of drug-likeness (QED) is 0.421. The molecule has 0 aromatic heterocycles. The van der Waals surface area contributed by atoms with Crippen molar-refractivity contribution in [2.45, 2.75) is 25.4 Å². The first-order valence-electron chi connectivity index (χ1n) is 7.90. The van der Waals surface area contributed by atoms with Gasteiger partial charge in [-0.3, -0.25) is 15.0 Å². The highest BCUT2D eigenvalue weighted by atomic mass is 35.5. The van der Waals surface area contributed by atoms with E-state index in [4.69, 9.17) is 4.74 Å². The smallest absolute Gasteiger partial charge is 0.343 e. The number of rotatable bonds is 8. The van der Waals surface area contributed by atoms with Crippen molar-refractivity contribution in [2.24, 2.45) is 0 Å². The number of esters is 1. The third kappa shape index (κ3) is 5.84. The van der Waals surface area contributed by atoms with Crippen molar-refractivity contribution >= 4 is 24.1 Å². The van der Waals surface area contributed by atoms with Crippen LogP contribution in [0.1, 0.15) is 18.4 Å². The number of likely N-dealkylation sites (N-methyl/N-ethyl adjacent to an activating group) is 1. The lowest BCUT2D eigenvalue weighted by molar-refractivity contribution is -0.385. The van der Waals surface area contributed by atoms with Gasteiger partial charge in [0.05, 0.1) is 12.0 Å². The van der Waals surface area contributed by atoms with E-state index < -0.39 is 10.9 Å². The zero-order chi connectivity index (χ0) is 17.5. The van der Waals surface area contributed by atoms with E-state index in [1.807, 2.05) is 7.05 Å². The van der Waals surface area contributed by atoms with Crippen LogP contribution < -0.4 is 10.1 Å². The van der Waals surface area contributed by atoms with Gasteiger partial charge < -0.3 is 14.8 Å². The van der Waals surface area contributed by atoms with E-state index >= 15 is 0 Å². The molecule has 1 heterocycles. The summed E-state index contributed by atoms with van der Waals surface area (Å²) in [5, 5.41) is 14.5. The van der Waals surface area contributed by atoms with Gasteiger partial charge in [0.25, 0.3) is 0 Å². The standard InChI is InChI=1S/C16H23N3O5.ClH/c1-17-9-13-4-3-7-18(13)10-12-5-6-15(14(8-12)19(21)22)24-11-16(20)23-2;/h5-6,8,13,17H,3-4,7,9-11H2,1-2H3;1H. The van der Waals surface area contributed by atoms with E-state index in [1.165, 1.54) is 13.2 Å². The number of carbonyl (C=O) groups is 1. The second-order valence-corrected chi connectivity index (χ2v) is 5.75. The number of ether oxygens (including phenoxy) is 2. The summed E-state index contributed by atoms with van der Waals surface area (Å²) >= 11 is 0. The lowest BCUT2D eigenvalue weighted by Gasteiger charge is -2.24. The number of halogens is 1. The molecule has 9 heteroatoms. The molecule has 1 saturated heterocycles. The van der Waals surface area contributed by atoms with Crippen LogP contribution in [0.25, 0.3) is 0 Å². The van der Waals surface area contributed by atoms with Crippen LogP contribution in [0.4, 0.5) is 5.69 Å². The topological polar surface area (TPSA) is 93.9 Å². The summed E-state index contributed by atoms with van der Waals surface area (Å²) in [7, 11) is 3.16. The van der Waals surface area contributed by atoms with Crippen LogP contribution >= 0.6 is 12.4 Å². The van der Waals surface area contributed by atoms with Gasteiger partial charge in [-0.1, -0.05) is 6.07 Å². The number of benzene rings is 1.